The van der Waals surface area contributed by atoms with Crippen LogP contribution in [0.3, 0.4) is 0 Å². The van der Waals surface area contributed by atoms with Gasteiger partial charge < -0.3 is 9.47 Å². The molecule has 0 saturated heterocycles. The van der Waals surface area contributed by atoms with E-state index in [-0.39, 0.29) is 12.3 Å². The van der Waals surface area contributed by atoms with Gasteiger partial charge in [0.15, 0.2) is 11.5 Å². The summed E-state index contributed by atoms with van der Waals surface area (Å²) in [5.41, 5.74) is 4.27. The van der Waals surface area contributed by atoms with Crippen molar-refractivity contribution in [3.05, 3.63) is 68.2 Å². The Morgan fingerprint density at radius 3 is 2.70 bits per heavy atom. The molecule has 1 N–H and O–H groups in total. The molecule has 0 bridgehead atoms. The zero-order valence-electron chi connectivity index (χ0n) is 14.9. The number of hydrogen-bond acceptors (Lipinski definition) is 4. The highest BCUT2D eigenvalue weighted by Crippen LogP contribution is 2.33. The lowest BCUT2D eigenvalue weighted by molar-refractivity contribution is -0.120. The average Bonchev–Trinajstić information content (AvgIpc) is 2.63. The topological polar surface area (TPSA) is 59.9 Å². The van der Waals surface area contributed by atoms with Crippen molar-refractivity contribution >= 4 is 50.6 Å². The van der Waals surface area contributed by atoms with E-state index in [9.17, 15) is 4.79 Å². The van der Waals surface area contributed by atoms with E-state index in [0.29, 0.717) is 24.7 Å². The van der Waals surface area contributed by atoms with Gasteiger partial charge in [0, 0.05) is 4.47 Å². The maximum Gasteiger partial charge on any atom is 0.244 e. The van der Waals surface area contributed by atoms with E-state index >= 15 is 0 Å². The molecule has 0 aliphatic rings. The van der Waals surface area contributed by atoms with E-state index in [1.54, 1.807) is 12.3 Å². The van der Waals surface area contributed by atoms with Crippen LogP contribution in [0.5, 0.6) is 11.5 Å². The van der Waals surface area contributed by atoms with E-state index < -0.39 is 0 Å². The Bertz CT molecular complexity index is 823. The van der Waals surface area contributed by atoms with Gasteiger partial charge >= 0.3 is 0 Å². The van der Waals surface area contributed by atoms with Crippen molar-refractivity contribution < 1.29 is 14.3 Å². The molecule has 0 unspecified atom stereocenters. The van der Waals surface area contributed by atoms with E-state index in [2.05, 4.69) is 55.6 Å². The molecule has 0 atom stereocenters. The monoisotopic (exact) mass is 542 g/mol. The molecule has 142 valence electrons. The molecular formula is C20H20BrIN2O3. The third-order valence-corrected chi connectivity index (χ3v) is 4.69. The number of carbonyl (C=O) groups is 1. The van der Waals surface area contributed by atoms with E-state index in [0.717, 1.165) is 19.2 Å². The normalized spacial score (nSPS) is 10.6. The van der Waals surface area contributed by atoms with E-state index in [1.807, 2.05) is 43.3 Å². The summed E-state index contributed by atoms with van der Waals surface area (Å²) in [5, 5.41) is 4.04. The van der Waals surface area contributed by atoms with Gasteiger partial charge in [0.2, 0.25) is 5.91 Å². The fraction of sp³-hybridized carbons (Fsp3) is 0.200. The number of hydrazone groups is 1. The Balaban J connectivity index is 2.03. The van der Waals surface area contributed by atoms with Gasteiger partial charge in [-0.05, 0) is 64.9 Å². The van der Waals surface area contributed by atoms with Gasteiger partial charge in [-0.1, -0.05) is 40.7 Å². The van der Waals surface area contributed by atoms with Crippen LogP contribution in [-0.2, 0) is 11.2 Å². The molecule has 7 heteroatoms. The van der Waals surface area contributed by atoms with Gasteiger partial charge in [0.25, 0.3) is 0 Å². The minimum atomic E-state index is -0.181. The van der Waals surface area contributed by atoms with Crippen LogP contribution in [0.2, 0.25) is 0 Å². The molecule has 1 amide bonds. The molecule has 0 spiro atoms. The maximum absolute atomic E-state index is 12.0. The summed E-state index contributed by atoms with van der Waals surface area (Å²) in [6, 6.07) is 11.3. The fourth-order valence-electron chi connectivity index (χ4n) is 2.21. The van der Waals surface area contributed by atoms with Gasteiger partial charge in [-0.25, -0.2) is 5.43 Å². The number of rotatable bonds is 9. The van der Waals surface area contributed by atoms with Crippen LogP contribution >= 0.6 is 38.5 Å². The Kier molecular flexibility index (Phi) is 8.80. The van der Waals surface area contributed by atoms with Gasteiger partial charge in [-0.3, -0.25) is 4.79 Å². The molecule has 0 aromatic heterocycles. The molecule has 2 aromatic rings. The number of hydrogen-bond donors (Lipinski definition) is 1. The zero-order chi connectivity index (χ0) is 19.6. The maximum atomic E-state index is 12.0. The molecule has 2 aromatic carbocycles. The first-order valence-electron chi connectivity index (χ1n) is 8.29. The fourth-order valence-corrected chi connectivity index (χ4v) is 3.26. The summed E-state index contributed by atoms with van der Waals surface area (Å²) in [5.74, 6) is 1.13. The third kappa shape index (κ3) is 6.99. The SMILES string of the molecule is C=CCOc1c(I)cc(/C=N/NC(=O)Cc2ccc(Br)cc2)cc1OCC. The molecule has 2 rings (SSSR count). The number of nitrogens with one attached hydrogen (secondary N) is 1. The highest BCUT2D eigenvalue weighted by Gasteiger charge is 2.11. The largest absolute Gasteiger partial charge is 0.490 e. The lowest BCUT2D eigenvalue weighted by Gasteiger charge is -2.13. The van der Waals surface area contributed by atoms with Crippen LogP contribution < -0.4 is 14.9 Å². The van der Waals surface area contributed by atoms with Crippen LogP contribution in [0.15, 0.2) is 58.6 Å². The van der Waals surface area contributed by atoms with Crippen LogP contribution in [0, 0.1) is 3.57 Å². The minimum Gasteiger partial charge on any atom is -0.490 e. The Hall–Kier alpha value is -1.87. The second kappa shape index (κ2) is 11.1. The first-order valence-corrected chi connectivity index (χ1v) is 10.2. The number of benzene rings is 2. The summed E-state index contributed by atoms with van der Waals surface area (Å²) < 4.78 is 13.2. The summed E-state index contributed by atoms with van der Waals surface area (Å²) in [6.45, 7) is 6.49. The molecule has 27 heavy (non-hydrogen) atoms. The van der Waals surface area contributed by atoms with Crippen molar-refractivity contribution in [3.8, 4) is 11.5 Å². The third-order valence-electron chi connectivity index (χ3n) is 3.36. The predicted octanol–water partition coefficient (Wildman–Crippen LogP) is 4.71. The van der Waals surface area contributed by atoms with Crippen molar-refractivity contribution in [1.29, 1.82) is 0 Å². The van der Waals surface area contributed by atoms with Crippen molar-refractivity contribution in [2.45, 2.75) is 13.3 Å². The smallest absolute Gasteiger partial charge is 0.244 e. The van der Waals surface area contributed by atoms with Gasteiger partial charge in [-0.15, -0.1) is 0 Å². The number of nitrogens with zero attached hydrogens (tertiary/aromatic N) is 1. The van der Waals surface area contributed by atoms with Crippen LogP contribution in [0.1, 0.15) is 18.1 Å². The first kappa shape index (κ1) is 21.4. The summed E-state index contributed by atoms with van der Waals surface area (Å²) in [6.07, 6.45) is 3.53. The Morgan fingerprint density at radius 2 is 2.04 bits per heavy atom. The second-order valence-electron chi connectivity index (χ2n) is 5.46. The summed E-state index contributed by atoms with van der Waals surface area (Å²) >= 11 is 5.55. The second-order valence-corrected chi connectivity index (χ2v) is 7.54. The number of carbonyl (C=O) groups excluding carboxylic acids is 1. The highest BCUT2D eigenvalue weighted by molar-refractivity contribution is 14.1. The molecule has 0 fully saturated rings. The van der Waals surface area contributed by atoms with E-state index in [4.69, 9.17) is 9.47 Å². The summed E-state index contributed by atoms with van der Waals surface area (Å²) in [7, 11) is 0. The molecule has 0 aliphatic carbocycles. The molecule has 0 heterocycles. The Morgan fingerprint density at radius 1 is 1.30 bits per heavy atom. The minimum absolute atomic E-state index is 0.181. The number of amides is 1. The molecule has 0 saturated carbocycles. The number of halogens is 2. The summed E-state index contributed by atoms with van der Waals surface area (Å²) in [4.78, 5) is 12.0. The zero-order valence-corrected chi connectivity index (χ0v) is 18.6. The first-order chi connectivity index (χ1) is 13.0. The Labute approximate surface area is 181 Å². The van der Waals surface area contributed by atoms with Gasteiger partial charge in [0.1, 0.15) is 6.61 Å². The standard InChI is InChI=1S/C20H20BrIN2O3/c1-3-9-27-20-17(22)10-15(11-18(20)26-4-2)13-23-24-19(25)12-14-5-7-16(21)8-6-14/h3,5-8,10-11,13H,1,4,9,12H2,2H3,(H,24,25)/b23-13+. The van der Waals surface area contributed by atoms with Crippen molar-refractivity contribution in [3.63, 3.8) is 0 Å². The van der Waals surface area contributed by atoms with Gasteiger partial charge in [-0.2, -0.15) is 5.10 Å². The predicted molar refractivity (Wildman–Crippen MR) is 120 cm³/mol. The molecule has 5 nitrogen and oxygen atoms in total. The van der Waals surface area contributed by atoms with Crippen molar-refractivity contribution in [2.75, 3.05) is 13.2 Å². The van der Waals surface area contributed by atoms with Crippen molar-refractivity contribution in [2.24, 2.45) is 5.10 Å². The van der Waals surface area contributed by atoms with Gasteiger partial charge in [0.05, 0.1) is 22.8 Å². The lowest BCUT2D eigenvalue weighted by atomic mass is 10.1. The van der Waals surface area contributed by atoms with E-state index in [1.165, 1.54) is 0 Å². The van der Waals surface area contributed by atoms with Crippen molar-refractivity contribution in [1.82, 2.24) is 5.43 Å². The average molecular weight is 543 g/mol. The number of ether oxygens (including phenoxy) is 2. The highest BCUT2D eigenvalue weighted by atomic mass is 127. The lowest BCUT2D eigenvalue weighted by Crippen LogP contribution is -2.19. The quantitative estimate of drug-likeness (QED) is 0.216. The van der Waals surface area contributed by atoms with Crippen LogP contribution in [0.25, 0.3) is 0 Å². The molecular weight excluding hydrogens is 523 g/mol. The molecule has 0 aliphatic heterocycles. The molecule has 0 radical (unpaired) electrons. The van der Waals surface area contributed by atoms with Crippen LogP contribution in [0.4, 0.5) is 0 Å². The van der Waals surface area contributed by atoms with Crippen LogP contribution in [-0.4, -0.2) is 25.3 Å².